The number of aromatic nitrogens is 5. The Hall–Kier alpha value is -1.99. The monoisotopic (exact) mass is 306 g/mol. The van der Waals surface area contributed by atoms with Crippen molar-refractivity contribution in [1.29, 1.82) is 0 Å². The molecule has 20 heavy (non-hydrogen) atoms. The van der Waals surface area contributed by atoms with Crippen molar-refractivity contribution in [2.75, 3.05) is 11.9 Å². The van der Waals surface area contributed by atoms with Gasteiger partial charge in [0.1, 0.15) is 6.33 Å². The van der Waals surface area contributed by atoms with Gasteiger partial charge in [-0.1, -0.05) is 0 Å². The zero-order chi connectivity index (χ0) is 13.8. The third-order valence-electron chi connectivity index (χ3n) is 2.61. The van der Waals surface area contributed by atoms with Crippen molar-refractivity contribution >= 4 is 28.9 Å². The van der Waals surface area contributed by atoms with Gasteiger partial charge in [0.25, 0.3) is 0 Å². The van der Waals surface area contributed by atoms with E-state index in [-0.39, 0.29) is 5.28 Å². The summed E-state index contributed by atoms with van der Waals surface area (Å²) in [6, 6.07) is 2.10. The lowest BCUT2D eigenvalue weighted by atomic mass is 10.2. The lowest BCUT2D eigenvalue weighted by Crippen LogP contribution is -2.10. The second-order valence-electron chi connectivity index (χ2n) is 4.01. The molecule has 0 aliphatic rings. The summed E-state index contributed by atoms with van der Waals surface area (Å²) in [4.78, 5) is 16.4. The first-order chi connectivity index (χ1) is 9.81. The minimum absolute atomic E-state index is 0.154. The average molecular weight is 307 g/mol. The van der Waals surface area contributed by atoms with Crippen LogP contribution in [0.1, 0.15) is 5.56 Å². The van der Waals surface area contributed by atoms with E-state index in [2.05, 4.69) is 42.1 Å². The molecule has 0 fully saturated rings. The molecule has 0 unspecified atom stereocenters. The summed E-state index contributed by atoms with van der Waals surface area (Å²) < 4.78 is 1.68. The topological polar surface area (TPSA) is 68.5 Å². The van der Waals surface area contributed by atoms with Gasteiger partial charge in [0, 0.05) is 18.9 Å². The first kappa shape index (κ1) is 13.0. The van der Waals surface area contributed by atoms with Gasteiger partial charge in [-0.25, -0.2) is 4.98 Å². The zero-order valence-corrected chi connectivity index (χ0v) is 12.0. The second-order valence-corrected chi connectivity index (χ2v) is 5.12. The maximum atomic E-state index is 5.91. The maximum absolute atomic E-state index is 5.91. The molecule has 1 N–H and O–H groups in total. The highest BCUT2D eigenvalue weighted by atomic mass is 35.5. The standard InChI is InChI=1S/C12H11ClN6S/c13-10-16-11(15-3-1-9-2-6-20-7-9)18-12(17-10)19-5-4-14-8-19/h2,4-8H,1,3H2,(H,15,16,17,18). The molecule has 3 rings (SSSR count). The van der Waals surface area contributed by atoms with Crippen molar-refractivity contribution in [3.8, 4) is 5.95 Å². The number of hydrogen-bond donors (Lipinski definition) is 1. The lowest BCUT2D eigenvalue weighted by Gasteiger charge is -2.06. The summed E-state index contributed by atoms with van der Waals surface area (Å²) in [6.07, 6.45) is 5.93. The minimum Gasteiger partial charge on any atom is -0.354 e. The fraction of sp³-hybridized carbons (Fsp3) is 0.167. The van der Waals surface area contributed by atoms with Crippen molar-refractivity contribution < 1.29 is 0 Å². The van der Waals surface area contributed by atoms with Crippen LogP contribution in [0.5, 0.6) is 0 Å². The van der Waals surface area contributed by atoms with E-state index in [1.54, 1.807) is 34.6 Å². The van der Waals surface area contributed by atoms with Gasteiger partial charge >= 0.3 is 0 Å². The van der Waals surface area contributed by atoms with Crippen molar-refractivity contribution in [3.63, 3.8) is 0 Å². The summed E-state index contributed by atoms with van der Waals surface area (Å²) in [5, 5.41) is 7.49. The molecule has 0 aliphatic carbocycles. The third kappa shape index (κ3) is 3.12. The highest BCUT2D eigenvalue weighted by Crippen LogP contribution is 2.10. The number of nitrogens with zero attached hydrogens (tertiary/aromatic N) is 5. The molecule has 0 spiro atoms. The van der Waals surface area contributed by atoms with Crippen molar-refractivity contribution in [3.05, 3.63) is 46.4 Å². The van der Waals surface area contributed by atoms with Crippen LogP contribution in [0, 0.1) is 0 Å². The molecule has 3 aromatic rings. The number of nitrogens with one attached hydrogen (secondary N) is 1. The summed E-state index contributed by atoms with van der Waals surface area (Å²) in [7, 11) is 0. The average Bonchev–Trinajstić information content (AvgIpc) is 3.11. The van der Waals surface area contributed by atoms with Gasteiger partial charge in [-0.05, 0) is 40.4 Å². The van der Waals surface area contributed by atoms with Gasteiger partial charge in [-0.3, -0.25) is 4.57 Å². The predicted octanol–water partition coefficient (Wildman–Crippen LogP) is 2.43. The predicted molar refractivity (Wildman–Crippen MR) is 78.5 cm³/mol. The Morgan fingerprint density at radius 3 is 3.00 bits per heavy atom. The molecule has 6 nitrogen and oxygen atoms in total. The highest BCUT2D eigenvalue weighted by molar-refractivity contribution is 7.07. The van der Waals surface area contributed by atoms with Gasteiger partial charge in [-0.15, -0.1) is 0 Å². The number of thiophene rings is 1. The summed E-state index contributed by atoms with van der Waals surface area (Å²) >= 11 is 7.60. The summed E-state index contributed by atoms with van der Waals surface area (Å²) in [5.41, 5.74) is 1.29. The van der Waals surface area contributed by atoms with Crippen LogP contribution in [0.15, 0.2) is 35.5 Å². The Kier molecular flexibility index (Phi) is 3.89. The van der Waals surface area contributed by atoms with Crippen LogP contribution in [0.4, 0.5) is 5.95 Å². The number of anilines is 1. The van der Waals surface area contributed by atoms with E-state index in [0.29, 0.717) is 11.9 Å². The van der Waals surface area contributed by atoms with Gasteiger partial charge < -0.3 is 5.32 Å². The Morgan fingerprint density at radius 1 is 1.30 bits per heavy atom. The lowest BCUT2D eigenvalue weighted by molar-refractivity contribution is 0.884. The molecule has 0 radical (unpaired) electrons. The van der Waals surface area contributed by atoms with Crippen LogP contribution in [0.3, 0.4) is 0 Å². The highest BCUT2D eigenvalue weighted by Gasteiger charge is 2.06. The Morgan fingerprint density at radius 2 is 2.25 bits per heavy atom. The molecule has 0 amide bonds. The third-order valence-corrected chi connectivity index (χ3v) is 3.51. The molecule has 3 heterocycles. The van der Waals surface area contributed by atoms with Gasteiger partial charge in [0.15, 0.2) is 0 Å². The van der Waals surface area contributed by atoms with Crippen molar-refractivity contribution in [2.24, 2.45) is 0 Å². The normalized spacial score (nSPS) is 10.7. The van der Waals surface area contributed by atoms with Gasteiger partial charge in [-0.2, -0.15) is 26.3 Å². The van der Waals surface area contributed by atoms with Crippen LogP contribution in [-0.2, 0) is 6.42 Å². The molecule has 0 aliphatic heterocycles. The first-order valence-corrected chi connectivity index (χ1v) is 7.28. The van der Waals surface area contributed by atoms with Crippen LogP contribution in [-0.4, -0.2) is 31.0 Å². The number of halogens is 1. The van der Waals surface area contributed by atoms with Crippen molar-refractivity contribution in [2.45, 2.75) is 6.42 Å². The molecule has 3 aromatic heterocycles. The summed E-state index contributed by atoms with van der Waals surface area (Å²) in [6.45, 7) is 0.737. The maximum Gasteiger partial charge on any atom is 0.241 e. The molecule has 0 saturated carbocycles. The second kappa shape index (κ2) is 5.98. The SMILES string of the molecule is Clc1nc(NCCc2ccsc2)nc(-n2ccnc2)n1. The van der Waals surface area contributed by atoms with Crippen molar-refractivity contribution in [1.82, 2.24) is 24.5 Å². The Balaban J connectivity index is 1.70. The number of imidazole rings is 1. The fourth-order valence-electron chi connectivity index (χ4n) is 1.67. The molecular weight excluding hydrogens is 296 g/mol. The van der Waals surface area contributed by atoms with Crippen LogP contribution in [0.25, 0.3) is 5.95 Å². The Labute approximate surface area is 124 Å². The quantitative estimate of drug-likeness (QED) is 0.784. The first-order valence-electron chi connectivity index (χ1n) is 5.96. The van der Waals surface area contributed by atoms with Crippen LogP contribution in [0.2, 0.25) is 5.28 Å². The van der Waals surface area contributed by atoms with Gasteiger partial charge in [0.05, 0.1) is 0 Å². The van der Waals surface area contributed by atoms with E-state index in [1.807, 2.05) is 0 Å². The smallest absolute Gasteiger partial charge is 0.241 e. The van der Waals surface area contributed by atoms with E-state index in [0.717, 1.165) is 13.0 Å². The molecule has 102 valence electrons. The zero-order valence-electron chi connectivity index (χ0n) is 10.4. The fourth-order valence-corrected chi connectivity index (χ4v) is 2.52. The molecule has 0 atom stereocenters. The molecule has 8 heteroatoms. The van der Waals surface area contributed by atoms with E-state index < -0.39 is 0 Å². The van der Waals surface area contributed by atoms with Crippen LogP contribution < -0.4 is 5.32 Å². The summed E-state index contributed by atoms with van der Waals surface area (Å²) in [5.74, 6) is 0.907. The van der Waals surface area contributed by atoms with Crippen LogP contribution >= 0.6 is 22.9 Å². The number of hydrogen-bond acceptors (Lipinski definition) is 6. The molecule has 0 saturated heterocycles. The number of rotatable bonds is 5. The largest absolute Gasteiger partial charge is 0.354 e. The molecule has 0 aromatic carbocycles. The van der Waals surface area contributed by atoms with E-state index in [4.69, 9.17) is 11.6 Å². The van der Waals surface area contributed by atoms with E-state index >= 15 is 0 Å². The van der Waals surface area contributed by atoms with E-state index in [9.17, 15) is 0 Å². The molecule has 0 bridgehead atoms. The van der Waals surface area contributed by atoms with Gasteiger partial charge in [0.2, 0.25) is 17.2 Å². The Bertz CT molecular complexity index is 667. The minimum atomic E-state index is 0.154. The molecular formula is C12H11ClN6S. The van der Waals surface area contributed by atoms with E-state index in [1.165, 1.54) is 5.56 Å².